The van der Waals surface area contributed by atoms with Gasteiger partial charge in [-0.25, -0.2) is 0 Å². The molecule has 0 atom stereocenters. The maximum Gasteiger partial charge on any atom is 0.270 e. The van der Waals surface area contributed by atoms with Gasteiger partial charge in [-0.2, -0.15) is 0 Å². The van der Waals surface area contributed by atoms with Gasteiger partial charge in [-0.05, 0) is 51.2 Å². The fourth-order valence-corrected chi connectivity index (χ4v) is 3.41. The summed E-state index contributed by atoms with van der Waals surface area (Å²) in [5.41, 5.74) is 1.05. The Kier molecular flexibility index (Phi) is 3.96. The van der Waals surface area contributed by atoms with Gasteiger partial charge in [-0.1, -0.05) is 18.2 Å². The molecule has 1 aliphatic rings. The van der Waals surface area contributed by atoms with Crippen molar-refractivity contribution in [3.05, 3.63) is 36.0 Å². The van der Waals surface area contributed by atoms with Crippen LogP contribution in [-0.4, -0.2) is 39.6 Å². The summed E-state index contributed by atoms with van der Waals surface area (Å²) >= 11 is 0. The Bertz CT molecular complexity index is 628. The number of H-pyrrole nitrogens is 1. The van der Waals surface area contributed by atoms with E-state index in [4.69, 9.17) is 0 Å². The van der Waals surface area contributed by atoms with Crippen molar-refractivity contribution in [3.8, 4) is 0 Å². The highest BCUT2D eigenvalue weighted by atomic mass is 16.3. The number of carbonyl (C=O) groups is 1. The number of hydrogen-bond acceptors (Lipinski definition) is 2. The van der Waals surface area contributed by atoms with E-state index in [-0.39, 0.29) is 5.91 Å². The molecule has 0 radical (unpaired) electrons. The number of hydrogen-bond donors (Lipinski definition) is 2. The standard InChI is InChI=1S/C18H24N2O2/c1-18(2,22)12-13-7-9-20(10-8-13)17(21)16-11-14-5-3-4-6-15(14)19-16/h3-6,11,13,19,22H,7-10,12H2,1-2H3. The van der Waals surface area contributed by atoms with Crippen LogP contribution in [0.1, 0.15) is 43.6 Å². The zero-order valence-corrected chi connectivity index (χ0v) is 13.3. The Balaban J connectivity index is 1.64. The summed E-state index contributed by atoms with van der Waals surface area (Å²) in [5, 5.41) is 11.0. The molecule has 1 aromatic heterocycles. The summed E-state index contributed by atoms with van der Waals surface area (Å²) in [7, 11) is 0. The van der Waals surface area contributed by atoms with Crippen LogP contribution in [0.3, 0.4) is 0 Å². The van der Waals surface area contributed by atoms with Crippen molar-refractivity contribution in [2.45, 2.75) is 38.7 Å². The molecule has 2 heterocycles. The van der Waals surface area contributed by atoms with Crippen LogP contribution in [0, 0.1) is 5.92 Å². The highest BCUT2D eigenvalue weighted by Crippen LogP contribution is 2.27. The zero-order chi connectivity index (χ0) is 15.7. The smallest absolute Gasteiger partial charge is 0.270 e. The fraction of sp³-hybridized carbons (Fsp3) is 0.500. The minimum Gasteiger partial charge on any atom is -0.390 e. The number of amides is 1. The molecule has 0 spiro atoms. The van der Waals surface area contributed by atoms with E-state index < -0.39 is 5.60 Å². The fourth-order valence-electron chi connectivity index (χ4n) is 3.41. The van der Waals surface area contributed by atoms with Gasteiger partial charge < -0.3 is 15.0 Å². The van der Waals surface area contributed by atoms with E-state index in [9.17, 15) is 9.90 Å². The van der Waals surface area contributed by atoms with Crippen LogP contribution >= 0.6 is 0 Å². The first-order valence-electron chi connectivity index (χ1n) is 8.02. The van der Waals surface area contributed by atoms with Crippen LogP contribution in [0.15, 0.2) is 30.3 Å². The van der Waals surface area contributed by atoms with Gasteiger partial charge in [-0.3, -0.25) is 4.79 Å². The Morgan fingerprint density at radius 3 is 2.64 bits per heavy atom. The highest BCUT2D eigenvalue weighted by Gasteiger charge is 2.27. The van der Waals surface area contributed by atoms with E-state index in [1.165, 1.54) is 0 Å². The van der Waals surface area contributed by atoms with Crippen molar-refractivity contribution in [3.63, 3.8) is 0 Å². The van der Waals surface area contributed by atoms with Gasteiger partial charge in [-0.15, -0.1) is 0 Å². The summed E-state index contributed by atoms with van der Waals surface area (Å²) in [6, 6.07) is 9.88. The lowest BCUT2D eigenvalue weighted by Crippen LogP contribution is -2.40. The average Bonchev–Trinajstić information content (AvgIpc) is 2.89. The topological polar surface area (TPSA) is 56.3 Å². The molecule has 0 aliphatic carbocycles. The number of piperidine rings is 1. The molecule has 4 heteroatoms. The van der Waals surface area contributed by atoms with Crippen molar-refractivity contribution in [2.75, 3.05) is 13.1 Å². The molecule has 1 aromatic carbocycles. The molecular formula is C18H24N2O2. The molecule has 2 N–H and O–H groups in total. The molecule has 1 aliphatic heterocycles. The predicted molar refractivity (Wildman–Crippen MR) is 87.8 cm³/mol. The summed E-state index contributed by atoms with van der Waals surface area (Å²) < 4.78 is 0. The highest BCUT2D eigenvalue weighted by molar-refractivity contribution is 5.98. The second-order valence-electron chi connectivity index (χ2n) is 7.02. The van der Waals surface area contributed by atoms with Crippen molar-refractivity contribution in [1.82, 2.24) is 9.88 Å². The summed E-state index contributed by atoms with van der Waals surface area (Å²) in [6.45, 7) is 5.26. The largest absolute Gasteiger partial charge is 0.390 e. The Morgan fingerprint density at radius 1 is 1.32 bits per heavy atom. The molecule has 1 saturated heterocycles. The number of benzene rings is 1. The molecule has 1 fully saturated rings. The van der Waals surface area contributed by atoms with Gasteiger partial charge in [0.15, 0.2) is 0 Å². The maximum absolute atomic E-state index is 12.6. The van der Waals surface area contributed by atoms with Gasteiger partial charge in [0.1, 0.15) is 5.69 Å². The van der Waals surface area contributed by atoms with Crippen LogP contribution in [0.25, 0.3) is 10.9 Å². The number of para-hydroxylation sites is 1. The van der Waals surface area contributed by atoms with Crippen LogP contribution < -0.4 is 0 Å². The van der Waals surface area contributed by atoms with E-state index >= 15 is 0 Å². The van der Waals surface area contributed by atoms with Gasteiger partial charge in [0.25, 0.3) is 5.91 Å². The van der Waals surface area contributed by atoms with Crippen LogP contribution in [0.5, 0.6) is 0 Å². The van der Waals surface area contributed by atoms with Crippen molar-refractivity contribution in [2.24, 2.45) is 5.92 Å². The lowest BCUT2D eigenvalue weighted by Gasteiger charge is -2.34. The van der Waals surface area contributed by atoms with Crippen LogP contribution in [0.2, 0.25) is 0 Å². The third-order valence-electron chi connectivity index (χ3n) is 4.45. The average molecular weight is 300 g/mol. The summed E-state index contributed by atoms with van der Waals surface area (Å²) in [6.07, 6.45) is 2.74. The lowest BCUT2D eigenvalue weighted by molar-refractivity contribution is 0.0357. The van der Waals surface area contributed by atoms with Gasteiger partial charge >= 0.3 is 0 Å². The number of nitrogens with zero attached hydrogens (tertiary/aromatic N) is 1. The second kappa shape index (κ2) is 5.76. The van der Waals surface area contributed by atoms with Crippen molar-refractivity contribution >= 4 is 16.8 Å². The number of aliphatic hydroxyl groups is 1. The molecular weight excluding hydrogens is 276 g/mol. The Hall–Kier alpha value is -1.81. The van der Waals surface area contributed by atoms with Crippen molar-refractivity contribution in [1.29, 1.82) is 0 Å². The minimum atomic E-state index is -0.617. The van der Waals surface area contributed by atoms with Gasteiger partial charge in [0.2, 0.25) is 0 Å². The number of fused-ring (bicyclic) bond motifs is 1. The number of rotatable bonds is 3. The monoisotopic (exact) mass is 300 g/mol. The first kappa shape index (κ1) is 15.1. The molecule has 0 unspecified atom stereocenters. The molecule has 118 valence electrons. The molecule has 0 bridgehead atoms. The second-order valence-corrected chi connectivity index (χ2v) is 7.02. The summed E-state index contributed by atoms with van der Waals surface area (Å²) in [4.78, 5) is 17.7. The summed E-state index contributed by atoms with van der Waals surface area (Å²) in [5.74, 6) is 0.588. The minimum absolute atomic E-state index is 0.0814. The van der Waals surface area contributed by atoms with Crippen molar-refractivity contribution < 1.29 is 9.90 Å². The van der Waals surface area contributed by atoms with E-state index in [2.05, 4.69) is 4.98 Å². The van der Waals surface area contributed by atoms with E-state index in [1.807, 2.05) is 49.1 Å². The first-order chi connectivity index (χ1) is 10.4. The molecule has 2 aromatic rings. The Morgan fingerprint density at radius 2 is 2.00 bits per heavy atom. The van der Waals surface area contributed by atoms with E-state index in [0.717, 1.165) is 43.3 Å². The van der Waals surface area contributed by atoms with Gasteiger partial charge in [0, 0.05) is 24.0 Å². The zero-order valence-electron chi connectivity index (χ0n) is 13.3. The van der Waals surface area contributed by atoms with E-state index in [1.54, 1.807) is 0 Å². The molecule has 0 saturated carbocycles. The maximum atomic E-state index is 12.6. The number of aromatic nitrogens is 1. The molecule has 4 nitrogen and oxygen atoms in total. The third kappa shape index (κ3) is 3.33. The first-order valence-corrected chi connectivity index (χ1v) is 8.02. The van der Waals surface area contributed by atoms with Crippen LogP contribution in [-0.2, 0) is 0 Å². The number of nitrogens with one attached hydrogen (secondary N) is 1. The van der Waals surface area contributed by atoms with E-state index in [0.29, 0.717) is 11.6 Å². The quantitative estimate of drug-likeness (QED) is 0.914. The number of carbonyl (C=O) groups excluding carboxylic acids is 1. The Labute approximate surface area is 131 Å². The normalized spacial score (nSPS) is 17.1. The third-order valence-corrected chi connectivity index (χ3v) is 4.45. The SMILES string of the molecule is CC(C)(O)CC1CCN(C(=O)c2cc3ccccc3[nH]2)CC1. The molecule has 3 rings (SSSR count). The molecule has 22 heavy (non-hydrogen) atoms. The lowest BCUT2D eigenvalue weighted by atomic mass is 9.86. The van der Waals surface area contributed by atoms with Gasteiger partial charge in [0.05, 0.1) is 5.60 Å². The molecule has 1 amide bonds. The van der Waals surface area contributed by atoms with Crippen LogP contribution in [0.4, 0.5) is 0 Å². The number of aromatic amines is 1. The number of likely N-dealkylation sites (tertiary alicyclic amines) is 1. The predicted octanol–water partition coefficient (Wildman–Crippen LogP) is 3.18.